The monoisotopic (exact) mass is 393 g/mol. The molecule has 1 aliphatic carbocycles. The van der Waals surface area contributed by atoms with Crippen molar-refractivity contribution in [3.8, 4) is 11.5 Å². The maximum atomic E-state index is 12.6. The Hall–Kier alpha value is -2.50. The van der Waals surface area contributed by atoms with Crippen LogP contribution in [0.15, 0.2) is 30.5 Å². The molecule has 29 heavy (non-hydrogen) atoms. The van der Waals surface area contributed by atoms with Gasteiger partial charge in [-0.2, -0.15) is 0 Å². The molecule has 1 amide bonds. The Morgan fingerprint density at radius 2 is 1.90 bits per heavy atom. The first-order valence-electron chi connectivity index (χ1n) is 11.1. The molecule has 0 radical (unpaired) electrons. The number of nitrogens with one attached hydrogen (secondary N) is 1. The lowest BCUT2D eigenvalue weighted by atomic mass is 9.88. The van der Waals surface area contributed by atoms with E-state index in [4.69, 9.17) is 4.98 Å². The zero-order valence-electron chi connectivity index (χ0n) is 17.3. The lowest BCUT2D eigenvalue weighted by Crippen LogP contribution is -2.46. The van der Waals surface area contributed by atoms with E-state index in [1.807, 2.05) is 18.2 Å². The van der Waals surface area contributed by atoms with Gasteiger partial charge in [0.2, 0.25) is 5.91 Å². The lowest BCUT2D eigenvalue weighted by molar-refractivity contribution is -0.126. The number of carbonyl (C=O) groups excluding carboxylic acids is 1. The molecule has 2 fully saturated rings. The SMILES string of the molecule is CCc1cc(N2CCC(NC(=O)C3CCCCC3)CC2)nc(-c2ccccn2)n1. The molecule has 0 aromatic carbocycles. The van der Waals surface area contributed by atoms with Gasteiger partial charge < -0.3 is 10.2 Å². The number of nitrogens with zero attached hydrogens (tertiary/aromatic N) is 4. The maximum absolute atomic E-state index is 12.6. The van der Waals surface area contributed by atoms with Crippen LogP contribution in [0.5, 0.6) is 0 Å². The third-order valence-electron chi connectivity index (χ3n) is 6.16. The second-order valence-electron chi connectivity index (χ2n) is 8.21. The predicted molar refractivity (Wildman–Crippen MR) is 115 cm³/mol. The summed E-state index contributed by atoms with van der Waals surface area (Å²) in [5.74, 6) is 2.16. The third kappa shape index (κ3) is 4.92. The Labute approximate surface area is 173 Å². The number of amides is 1. The number of aromatic nitrogens is 3. The molecule has 1 aliphatic heterocycles. The summed E-state index contributed by atoms with van der Waals surface area (Å²) in [4.78, 5) is 28.7. The summed E-state index contributed by atoms with van der Waals surface area (Å²) in [6, 6.07) is 8.19. The average molecular weight is 394 g/mol. The molecule has 3 heterocycles. The molecule has 1 N–H and O–H groups in total. The standard InChI is InChI=1S/C23H31N5O/c1-2-18-16-21(27-22(25-18)20-10-6-7-13-24-20)28-14-11-19(12-15-28)26-23(29)17-8-4-3-5-9-17/h6-7,10,13,16-17,19H,2-5,8-9,11-12,14-15H2,1H3,(H,26,29). The average Bonchev–Trinajstić information content (AvgIpc) is 2.80. The highest BCUT2D eigenvalue weighted by Crippen LogP contribution is 2.25. The van der Waals surface area contributed by atoms with E-state index in [0.717, 1.165) is 62.4 Å². The molecule has 1 saturated heterocycles. The van der Waals surface area contributed by atoms with Gasteiger partial charge in [-0.1, -0.05) is 32.3 Å². The first-order valence-corrected chi connectivity index (χ1v) is 11.1. The van der Waals surface area contributed by atoms with Crippen LogP contribution in [-0.2, 0) is 11.2 Å². The summed E-state index contributed by atoms with van der Waals surface area (Å²) >= 11 is 0. The fourth-order valence-corrected chi connectivity index (χ4v) is 4.37. The minimum atomic E-state index is 0.233. The molecule has 1 saturated carbocycles. The van der Waals surface area contributed by atoms with Gasteiger partial charge in [-0.25, -0.2) is 9.97 Å². The number of piperidine rings is 1. The molecular weight excluding hydrogens is 362 g/mol. The zero-order chi connectivity index (χ0) is 20.1. The van der Waals surface area contributed by atoms with Gasteiger partial charge >= 0.3 is 0 Å². The van der Waals surface area contributed by atoms with Crippen LogP contribution in [0.4, 0.5) is 5.82 Å². The van der Waals surface area contributed by atoms with E-state index >= 15 is 0 Å². The Bertz CT molecular complexity index is 811. The van der Waals surface area contributed by atoms with Gasteiger partial charge in [0.1, 0.15) is 11.5 Å². The van der Waals surface area contributed by atoms with Gasteiger partial charge in [-0.05, 0) is 44.2 Å². The van der Waals surface area contributed by atoms with Crippen LogP contribution in [-0.4, -0.2) is 40.0 Å². The second kappa shape index (κ2) is 9.33. The molecule has 154 valence electrons. The smallest absolute Gasteiger partial charge is 0.223 e. The molecule has 6 heteroatoms. The first kappa shape index (κ1) is 19.8. The number of hydrogen-bond donors (Lipinski definition) is 1. The van der Waals surface area contributed by atoms with Crippen molar-refractivity contribution in [2.24, 2.45) is 5.92 Å². The molecule has 2 aliphatic rings. The van der Waals surface area contributed by atoms with Crippen LogP contribution in [0.1, 0.15) is 57.6 Å². The van der Waals surface area contributed by atoms with Crippen molar-refractivity contribution in [3.63, 3.8) is 0 Å². The molecule has 2 aromatic heterocycles. The van der Waals surface area contributed by atoms with Crippen LogP contribution in [0.25, 0.3) is 11.5 Å². The summed E-state index contributed by atoms with van der Waals surface area (Å²) in [6.45, 7) is 3.91. The van der Waals surface area contributed by atoms with Crippen LogP contribution in [0.3, 0.4) is 0 Å². The van der Waals surface area contributed by atoms with Crippen molar-refractivity contribution in [3.05, 3.63) is 36.2 Å². The zero-order valence-corrected chi connectivity index (χ0v) is 17.3. The summed E-state index contributed by atoms with van der Waals surface area (Å²) in [6.07, 6.45) is 10.3. The number of anilines is 1. The second-order valence-corrected chi connectivity index (χ2v) is 8.21. The topological polar surface area (TPSA) is 71.0 Å². The molecule has 0 unspecified atom stereocenters. The number of rotatable bonds is 5. The molecule has 2 aromatic rings. The van der Waals surface area contributed by atoms with Crippen molar-refractivity contribution in [2.75, 3.05) is 18.0 Å². The number of carbonyl (C=O) groups is 1. The fraction of sp³-hybridized carbons (Fsp3) is 0.565. The molecule has 6 nitrogen and oxygen atoms in total. The Morgan fingerprint density at radius 1 is 1.10 bits per heavy atom. The summed E-state index contributed by atoms with van der Waals surface area (Å²) < 4.78 is 0. The highest BCUT2D eigenvalue weighted by atomic mass is 16.1. The molecule has 0 atom stereocenters. The molecule has 0 spiro atoms. The highest BCUT2D eigenvalue weighted by molar-refractivity contribution is 5.79. The van der Waals surface area contributed by atoms with Crippen molar-refractivity contribution in [1.29, 1.82) is 0 Å². The van der Waals surface area contributed by atoms with Crippen molar-refractivity contribution >= 4 is 11.7 Å². The van der Waals surface area contributed by atoms with Crippen molar-refractivity contribution in [1.82, 2.24) is 20.3 Å². The van der Waals surface area contributed by atoms with E-state index in [9.17, 15) is 4.79 Å². The van der Waals surface area contributed by atoms with Gasteiger partial charge in [0.25, 0.3) is 0 Å². The summed E-state index contributed by atoms with van der Waals surface area (Å²) in [5, 5.41) is 3.31. The fourth-order valence-electron chi connectivity index (χ4n) is 4.37. The minimum absolute atomic E-state index is 0.233. The quantitative estimate of drug-likeness (QED) is 0.837. The summed E-state index contributed by atoms with van der Waals surface area (Å²) in [7, 11) is 0. The molecule has 0 bridgehead atoms. The van der Waals surface area contributed by atoms with Gasteiger partial charge in [-0.15, -0.1) is 0 Å². The van der Waals surface area contributed by atoms with Gasteiger partial charge in [0.05, 0.1) is 0 Å². The Balaban J connectivity index is 1.39. The van der Waals surface area contributed by atoms with Crippen LogP contribution >= 0.6 is 0 Å². The van der Waals surface area contributed by atoms with Gasteiger partial charge in [-0.3, -0.25) is 9.78 Å². The van der Waals surface area contributed by atoms with Gasteiger partial charge in [0.15, 0.2) is 5.82 Å². The van der Waals surface area contributed by atoms with E-state index in [1.165, 1.54) is 19.3 Å². The number of hydrogen-bond acceptors (Lipinski definition) is 5. The molecule has 4 rings (SSSR count). The highest BCUT2D eigenvalue weighted by Gasteiger charge is 2.26. The maximum Gasteiger partial charge on any atom is 0.223 e. The number of pyridine rings is 1. The van der Waals surface area contributed by atoms with E-state index in [1.54, 1.807) is 6.20 Å². The number of aryl methyl sites for hydroxylation is 1. The third-order valence-corrected chi connectivity index (χ3v) is 6.16. The minimum Gasteiger partial charge on any atom is -0.356 e. The predicted octanol–water partition coefficient (Wildman–Crippen LogP) is 3.77. The van der Waals surface area contributed by atoms with Crippen LogP contribution in [0, 0.1) is 5.92 Å². The lowest BCUT2D eigenvalue weighted by Gasteiger charge is -2.34. The Kier molecular flexibility index (Phi) is 6.37. The summed E-state index contributed by atoms with van der Waals surface area (Å²) in [5.41, 5.74) is 1.84. The van der Waals surface area contributed by atoms with Crippen molar-refractivity contribution < 1.29 is 4.79 Å². The van der Waals surface area contributed by atoms with Crippen LogP contribution < -0.4 is 10.2 Å². The van der Waals surface area contributed by atoms with Crippen molar-refractivity contribution in [2.45, 2.75) is 64.3 Å². The van der Waals surface area contributed by atoms with E-state index < -0.39 is 0 Å². The van der Waals surface area contributed by atoms with Gasteiger partial charge in [0, 0.05) is 43.0 Å². The van der Waals surface area contributed by atoms with E-state index in [-0.39, 0.29) is 17.9 Å². The van der Waals surface area contributed by atoms with Crippen LogP contribution in [0.2, 0.25) is 0 Å². The van der Waals surface area contributed by atoms with E-state index in [0.29, 0.717) is 5.82 Å². The van der Waals surface area contributed by atoms with E-state index in [2.05, 4.69) is 33.2 Å². The largest absolute Gasteiger partial charge is 0.356 e. The molecular formula is C23H31N5O. The normalized spacial score (nSPS) is 18.6. The Morgan fingerprint density at radius 3 is 2.59 bits per heavy atom. The first-order chi connectivity index (χ1) is 14.2.